The maximum atomic E-state index is 11.7. The minimum atomic E-state index is -3.66. The summed E-state index contributed by atoms with van der Waals surface area (Å²) in [4.78, 5) is 20.7. The highest BCUT2D eigenvalue weighted by atomic mass is 31.2. The van der Waals surface area contributed by atoms with Gasteiger partial charge in [0.25, 0.3) is 0 Å². The van der Waals surface area contributed by atoms with Crippen LogP contribution in [0.25, 0.3) is 0 Å². The molecule has 1 unspecified atom stereocenters. The molecule has 1 atom stereocenters. The fraction of sp³-hybridized carbons (Fsp3) is 0.938. The number of amides is 1. The highest BCUT2D eigenvalue weighted by Gasteiger charge is 2.19. The van der Waals surface area contributed by atoms with Crippen molar-refractivity contribution in [2.75, 3.05) is 33.0 Å². The third-order valence-electron chi connectivity index (χ3n) is 3.56. The fourth-order valence-electron chi connectivity index (χ4n) is 2.11. The molecule has 8 heteroatoms. The zero-order valence-electron chi connectivity index (χ0n) is 15.1. The van der Waals surface area contributed by atoms with Crippen LogP contribution in [-0.4, -0.2) is 54.1 Å². The molecule has 0 bridgehead atoms. The summed E-state index contributed by atoms with van der Waals surface area (Å²) in [6.07, 6.45) is 8.02. The average Bonchev–Trinajstić information content (AvgIpc) is 2.52. The zero-order valence-corrected chi connectivity index (χ0v) is 16.0. The lowest BCUT2D eigenvalue weighted by atomic mass is 10.1. The van der Waals surface area contributed by atoms with Crippen molar-refractivity contribution in [2.45, 2.75) is 64.7 Å². The molecule has 1 amide bonds. The van der Waals surface area contributed by atoms with E-state index in [4.69, 9.17) is 14.5 Å². The van der Waals surface area contributed by atoms with Crippen LogP contribution in [0.1, 0.15) is 64.7 Å². The van der Waals surface area contributed by atoms with E-state index in [2.05, 4.69) is 6.92 Å². The predicted octanol–water partition coefficient (Wildman–Crippen LogP) is 3.58. The number of unbranched alkanes of at least 4 members (excludes halogenated alkanes) is 5. The van der Waals surface area contributed by atoms with Gasteiger partial charge in [-0.15, -0.1) is 0 Å². The topological polar surface area (TPSA) is 96.3 Å². The molecule has 0 aliphatic rings. The van der Waals surface area contributed by atoms with Crippen LogP contribution in [0.3, 0.4) is 0 Å². The van der Waals surface area contributed by atoms with E-state index < -0.39 is 13.5 Å². The smallest absolute Gasteiger partial charge is 0.328 e. The largest absolute Gasteiger partial charge is 0.381 e. The molecular weight excluding hydrogens is 333 g/mol. The van der Waals surface area contributed by atoms with E-state index in [0.29, 0.717) is 18.1 Å². The first-order valence-electron chi connectivity index (χ1n) is 8.88. The highest BCUT2D eigenvalue weighted by Crippen LogP contribution is 2.42. The van der Waals surface area contributed by atoms with Gasteiger partial charge in [0.1, 0.15) is 0 Å². The molecule has 0 radical (unpaired) electrons. The van der Waals surface area contributed by atoms with Crippen molar-refractivity contribution in [1.82, 2.24) is 5.06 Å². The molecule has 24 heavy (non-hydrogen) atoms. The standard InChI is InChI=1S/C16H34NO6P/c1-3-4-5-6-7-8-12-22-13-10-14-23-24(20,21)15-9-11-16(18)17(2)19/h19H,3-15H2,1-2H3,(H,20,21). The summed E-state index contributed by atoms with van der Waals surface area (Å²) in [6, 6.07) is 0. The van der Waals surface area contributed by atoms with Gasteiger partial charge in [0.15, 0.2) is 0 Å². The third kappa shape index (κ3) is 15.1. The van der Waals surface area contributed by atoms with Gasteiger partial charge in [0, 0.05) is 26.7 Å². The highest BCUT2D eigenvalue weighted by molar-refractivity contribution is 7.52. The Bertz CT molecular complexity index is 364. The second kappa shape index (κ2) is 14.8. The molecule has 0 aromatic carbocycles. The van der Waals surface area contributed by atoms with Crippen molar-refractivity contribution >= 4 is 13.5 Å². The first-order valence-corrected chi connectivity index (χ1v) is 10.6. The van der Waals surface area contributed by atoms with Crippen molar-refractivity contribution in [1.29, 1.82) is 0 Å². The number of carbonyl (C=O) groups excluding carboxylic acids is 1. The quantitative estimate of drug-likeness (QED) is 0.187. The Morgan fingerprint density at radius 1 is 1.00 bits per heavy atom. The number of carbonyl (C=O) groups is 1. The van der Waals surface area contributed by atoms with Crippen molar-refractivity contribution in [3.8, 4) is 0 Å². The first-order chi connectivity index (χ1) is 11.4. The minimum absolute atomic E-state index is 0.0161. The Balaban J connectivity index is 3.45. The Hall–Kier alpha value is -0.460. The van der Waals surface area contributed by atoms with E-state index in [1.807, 2.05) is 0 Å². The molecule has 0 aliphatic heterocycles. The fourth-order valence-corrected chi connectivity index (χ4v) is 3.21. The second-order valence-electron chi connectivity index (χ2n) is 5.95. The van der Waals surface area contributed by atoms with Gasteiger partial charge in [-0.3, -0.25) is 14.6 Å². The summed E-state index contributed by atoms with van der Waals surface area (Å²) >= 11 is 0. The molecule has 0 heterocycles. The molecule has 0 aromatic heterocycles. The molecule has 0 saturated heterocycles. The average molecular weight is 367 g/mol. The van der Waals surface area contributed by atoms with E-state index in [1.165, 1.54) is 39.2 Å². The van der Waals surface area contributed by atoms with E-state index in [-0.39, 0.29) is 25.6 Å². The predicted molar refractivity (Wildman–Crippen MR) is 93.2 cm³/mol. The van der Waals surface area contributed by atoms with Crippen LogP contribution >= 0.6 is 7.60 Å². The van der Waals surface area contributed by atoms with Gasteiger partial charge in [-0.2, -0.15) is 0 Å². The summed E-state index contributed by atoms with van der Waals surface area (Å²) in [5, 5.41) is 9.35. The SMILES string of the molecule is CCCCCCCCOCCCOP(=O)(O)CCCC(=O)N(C)O. The number of hydroxylamine groups is 2. The normalized spacial score (nSPS) is 13.7. The van der Waals surface area contributed by atoms with E-state index in [9.17, 15) is 14.3 Å². The lowest BCUT2D eigenvalue weighted by Crippen LogP contribution is -2.22. The van der Waals surface area contributed by atoms with Crippen LogP contribution < -0.4 is 0 Å². The Morgan fingerprint density at radius 3 is 2.29 bits per heavy atom. The molecule has 0 spiro atoms. The van der Waals surface area contributed by atoms with Crippen molar-refractivity contribution < 1.29 is 28.7 Å². The monoisotopic (exact) mass is 367 g/mol. The van der Waals surface area contributed by atoms with Crippen molar-refractivity contribution in [2.24, 2.45) is 0 Å². The van der Waals surface area contributed by atoms with Crippen LogP contribution in [0.5, 0.6) is 0 Å². The summed E-state index contributed by atoms with van der Waals surface area (Å²) < 4.78 is 22.2. The molecule has 0 aliphatic carbocycles. The van der Waals surface area contributed by atoms with Gasteiger partial charge in [-0.25, -0.2) is 5.06 Å². The summed E-state index contributed by atoms with van der Waals surface area (Å²) in [6.45, 7) is 3.60. The number of rotatable bonds is 16. The Kier molecular flexibility index (Phi) is 14.6. The molecule has 144 valence electrons. The molecule has 2 N–H and O–H groups in total. The molecule has 0 rings (SSSR count). The van der Waals surface area contributed by atoms with Gasteiger partial charge in [-0.05, 0) is 19.3 Å². The molecular formula is C16H34NO6P. The minimum Gasteiger partial charge on any atom is -0.381 e. The van der Waals surface area contributed by atoms with E-state index in [0.717, 1.165) is 13.0 Å². The van der Waals surface area contributed by atoms with E-state index in [1.54, 1.807) is 0 Å². The Labute approximate surface area is 145 Å². The van der Waals surface area contributed by atoms with Crippen LogP contribution in [0.2, 0.25) is 0 Å². The molecule has 0 saturated carbocycles. The Morgan fingerprint density at radius 2 is 1.62 bits per heavy atom. The van der Waals surface area contributed by atoms with Crippen LogP contribution in [-0.2, 0) is 18.6 Å². The van der Waals surface area contributed by atoms with Crippen molar-refractivity contribution in [3.05, 3.63) is 0 Å². The zero-order chi connectivity index (χ0) is 18.3. The lowest BCUT2D eigenvalue weighted by Gasteiger charge is -2.13. The molecule has 0 aromatic rings. The van der Waals surface area contributed by atoms with Gasteiger partial charge >= 0.3 is 7.60 Å². The summed E-state index contributed by atoms with van der Waals surface area (Å²) in [5.41, 5.74) is 0. The molecule has 0 fully saturated rings. The van der Waals surface area contributed by atoms with Gasteiger partial charge < -0.3 is 14.2 Å². The number of nitrogens with zero attached hydrogens (tertiary/aromatic N) is 1. The maximum absolute atomic E-state index is 11.7. The van der Waals surface area contributed by atoms with Crippen molar-refractivity contribution in [3.63, 3.8) is 0 Å². The first kappa shape index (κ1) is 23.5. The third-order valence-corrected chi connectivity index (χ3v) is 5.03. The van der Waals surface area contributed by atoms with Gasteiger partial charge in [0.2, 0.25) is 5.91 Å². The van der Waals surface area contributed by atoms with Crippen LogP contribution in [0.4, 0.5) is 0 Å². The van der Waals surface area contributed by atoms with Crippen LogP contribution in [0, 0.1) is 0 Å². The summed E-state index contributed by atoms with van der Waals surface area (Å²) in [7, 11) is -2.44. The maximum Gasteiger partial charge on any atom is 0.328 e. The lowest BCUT2D eigenvalue weighted by molar-refractivity contribution is -0.159. The van der Waals surface area contributed by atoms with Gasteiger partial charge in [0.05, 0.1) is 12.8 Å². The van der Waals surface area contributed by atoms with Crippen LogP contribution in [0.15, 0.2) is 0 Å². The number of ether oxygens (including phenoxy) is 1. The van der Waals surface area contributed by atoms with E-state index >= 15 is 0 Å². The molecule has 7 nitrogen and oxygen atoms in total. The summed E-state index contributed by atoms with van der Waals surface area (Å²) in [5.74, 6) is -0.488. The second-order valence-corrected chi connectivity index (χ2v) is 7.93. The number of hydrogen-bond donors (Lipinski definition) is 2. The van der Waals surface area contributed by atoms with Gasteiger partial charge in [-0.1, -0.05) is 39.0 Å². The number of hydrogen-bond acceptors (Lipinski definition) is 5.